The summed E-state index contributed by atoms with van der Waals surface area (Å²) < 4.78 is 0. The highest BCUT2D eigenvalue weighted by Gasteiger charge is 2.17. The van der Waals surface area contributed by atoms with E-state index in [0.717, 1.165) is 48.3 Å². The molecule has 3 rings (SSSR count). The second kappa shape index (κ2) is 7.97. The van der Waals surface area contributed by atoms with E-state index in [1.165, 1.54) is 0 Å². The fourth-order valence-corrected chi connectivity index (χ4v) is 3.74. The minimum Gasteiger partial charge on any atom is -0.346 e. The molecule has 1 aliphatic heterocycles. The normalized spacial score (nSPS) is 15.6. The van der Waals surface area contributed by atoms with E-state index in [2.05, 4.69) is 27.5 Å². The zero-order valence-corrected chi connectivity index (χ0v) is 16.0. The van der Waals surface area contributed by atoms with Gasteiger partial charge in [0, 0.05) is 49.2 Å². The van der Waals surface area contributed by atoms with Crippen LogP contribution in [0.1, 0.15) is 20.3 Å². The van der Waals surface area contributed by atoms with Crippen molar-refractivity contribution in [3.05, 3.63) is 29.6 Å². The van der Waals surface area contributed by atoms with E-state index in [-0.39, 0.29) is 5.91 Å². The van der Waals surface area contributed by atoms with E-state index < -0.39 is 0 Å². The maximum Gasteiger partial charge on any atom is 0.224 e. The van der Waals surface area contributed by atoms with Crippen LogP contribution in [0.3, 0.4) is 0 Å². The van der Waals surface area contributed by atoms with Crippen molar-refractivity contribution in [2.75, 3.05) is 43.4 Å². The molecule has 1 saturated heterocycles. The van der Waals surface area contributed by atoms with Gasteiger partial charge in [0.2, 0.25) is 5.91 Å². The van der Waals surface area contributed by atoms with E-state index in [1.54, 1.807) is 11.3 Å². The van der Waals surface area contributed by atoms with Gasteiger partial charge >= 0.3 is 0 Å². The number of hydrogen-bond acceptors (Lipinski definition) is 5. The first-order chi connectivity index (χ1) is 12.0. The van der Waals surface area contributed by atoms with Crippen molar-refractivity contribution >= 4 is 28.1 Å². The van der Waals surface area contributed by atoms with Crippen molar-refractivity contribution in [2.24, 2.45) is 5.92 Å². The summed E-state index contributed by atoms with van der Waals surface area (Å²) in [4.78, 5) is 21.3. The number of rotatable bonds is 5. The van der Waals surface area contributed by atoms with Gasteiger partial charge in [-0.1, -0.05) is 26.0 Å². The lowest BCUT2D eigenvalue weighted by atomic mass is 10.1. The maximum atomic E-state index is 11.8. The van der Waals surface area contributed by atoms with Crippen molar-refractivity contribution in [1.29, 1.82) is 0 Å². The third-order valence-corrected chi connectivity index (χ3v) is 5.23. The molecule has 25 heavy (non-hydrogen) atoms. The number of nitrogens with zero attached hydrogens (tertiary/aromatic N) is 3. The minimum atomic E-state index is 0.0637. The summed E-state index contributed by atoms with van der Waals surface area (Å²) >= 11 is 1.70. The molecule has 2 aromatic rings. The molecule has 0 radical (unpaired) electrons. The Morgan fingerprint density at radius 1 is 1.20 bits per heavy atom. The predicted molar refractivity (Wildman–Crippen MR) is 105 cm³/mol. The smallest absolute Gasteiger partial charge is 0.224 e. The summed E-state index contributed by atoms with van der Waals surface area (Å²) in [6.07, 6.45) is 0.544. The standard InChI is InChI=1S/C19H26N4OS/c1-14(2)12-18(24)20-16-6-4-15(5-7-16)17-13-25-19(21-17)23-10-8-22(3)9-11-23/h4-7,13-14H,8-12H2,1-3H3,(H,20,24). The van der Waals surface area contributed by atoms with Crippen LogP contribution in [0.25, 0.3) is 11.3 Å². The van der Waals surface area contributed by atoms with Crippen LogP contribution in [-0.2, 0) is 4.79 Å². The Morgan fingerprint density at radius 2 is 1.88 bits per heavy atom. The summed E-state index contributed by atoms with van der Waals surface area (Å²) in [6.45, 7) is 8.32. The lowest BCUT2D eigenvalue weighted by Crippen LogP contribution is -2.44. The molecule has 5 nitrogen and oxygen atoms in total. The highest BCUT2D eigenvalue weighted by molar-refractivity contribution is 7.14. The first kappa shape index (κ1) is 17.9. The quantitative estimate of drug-likeness (QED) is 0.888. The molecule has 0 atom stereocenters. The van der Waals surface area contributed by atoms with Crippen LogP contribution in [0.4, 0.5) is 10.8 Å². The molecule has 2 heterocycles. The van der Waals surface area contributed by atoms with Crippen molar-refractivity contribution in [3.63, 3.8) is 0 Å². The molecule has 0 spiro atoms. The topological polar surface area (TPSA) is 48.5 Å². The Kier molecular flexibility index (Phi) is 5.71. The molecule has 0 bridgehead atoms. The third kappa shape index (κ3) is 4.80. The Balaban J connectivity index is 1.64. The van der Waals surface area contributed by atoms with E-state index in [1.807, 2.05) is 38.1 Å². The molecular weight excluding hydrogens is 332 g/mol. The van der Waals surface area contributed by atoms with Gasteiger partial charge in [0.05, 0.1) is 5.69 Å². The van der Waals surface area contributed by atoms with Crippen molar-refractivity contribution < 1.29 is 4.79 Å². The molecule has 1 aromatic carbocycles. The van der Waals surface area contributed by atoms with Gasteiger partial charge in [-0.15, -0.1) is 11.3 Å². The van der Waals surface area contributed by atoms with Crippen molar-refractivity contribution in [1.82, 2.24) is 9.88 Å². The van der Waals surface area contributed by atoms with Gasteiger partial charge in [0.1, 0.15) is 0 Å². The van der Waals surface area contributed by atoms with Crippen LogP contribution in [0.15, 0.2) is 29.6 Å². The zero-order chi connectivity index (χ0) is 17.8. The molecule has 1 aromatic heterocycles. The number of carbonyl (C=O) groups is 1. The second-order valence-corrected chi connectivity index (χ2v) is 7.87. The van der Waals surface area contributed by atoms with Crippen LogP contribution in [0.5, 0.6) is 0 Å². The average molecular weight is 359 g/mol. The van der Waals surface area contributed by atoms with E-state index in [0.29, 0.717) is 12.3 Å². The second-order valence-electron chi connectivity index (χ2n) is 7.03. The van der Waals surface area contributed by atoms with Crippen molar-refractivity contribution in [2.45, 2.75) is 20.3 Å². The van der Waals surface area contributed by atoms with Crippen LogP contribution < -0.4 is 10.2 Å². The summed E-state index contributed by atoms with van der Waals surface area (Å²) in [6, 6.07) is 7.94. The average Bonchev–Trinajstić information content (AvgIpc) is 3.05. The summed E-state index contributed by atoms with van der Waals surface area (Å²) in [7, 11) is 2.16. The predicted octanol–water partition coefficient (Wildman–Crippen LogP) is 3.55. The molecule has 6 heteroatoms. The molecule has 0 aliphatic carbocycles. The summed E-state index contributed by atoms with van der Waals surface area (Å²) in [5, 5.41) is 6.15. The zero-order valence-electron chi connectivity index (χ0n) is 15.2. The number of aromatic nitrogens is 1. The maximum absolute atomic E-state index is 11.8. The van der Waals surface area contributed by atoms with Gasteiger partial charge in [-0.25, -0.2) is 4.98 Å². The van der Waals surface area contributed by atoms with E-state index in [9.17, 15) is 4.79 Å². The number of carbonyl (C=O) groups excluding carboxylic acids is 1. The van der Waals surface area contributed by atoms with Crippen molar-refractivity contribution in [3.8, 4) is 11.3 Å². The first-order valence-electron chi connectivity index (χ1n) is 8.80. The number of likely N-dealkylation sites (N-methyl/N-ethyl adjacent to an activating group) is 1. The van der Waals surface area contributed by atoms with Crippen LogP contribution in [-0.4, -0.2) is 49.0 Å². The highest BCUT2D eigenvalue weighted by atomic mass is 32.1. The fraction of sp³-hybridized carbons (Fsp3) is 0.474. The van der Waals surface area contributed by atoms with E-state index in [4.69, 9.17) is 4.98 Å². The molecule has 0 unspecified atom stereocenters. The molecule has 1 fully saturated rings. The summed E-state index contributed by atoms with van der Waals surface area (Å²) in [5.74, 6) is 0.427. The van der Waals surface area contributed by atoms with Gasteiger partial charge in [0.15, 0.2) is 5.13 Å². The number of nitrogens with one attached hydrogen (secondary N) is 1. The van der Waals surface area contributed by atoms with Crippen LogP contribution >= 0.6 is 11.3 Å². The number of benzene rings is 1. The first-order valence-corrected chi connectivity index (χ1v) is 9.68. The number of thiazole rings is 1. The Morgan fingerprint density at radius 3 is 2.52 bits per heavy atom. The lowest BCUT2D eigenvalue weighted by Gasteiger charge is -2.32. The SMILES string of the molecule is CC(C)CC(=O)Nc1ccc(-c2csc(N3CCN(C)CC3)n2)cc1. The molecule has 0 saturated carbocycles. The largest absolute Gasteiger partial charge is 0.346 e. The molecule has 134 valence electrons. The Labute approximate surface area is 153 Å². The highest BCUT2D eigenvalue weighted by Crippen LogP contribution is 2.28. The van der Waals surface area contributed by atoms with Gasteiger partial charge in [-0.2, -0.15) is 0 Å². The molecule has 1 aliphatic rings. The number of hydrogen-bond donors (Lipinski definition) is 1. The monoisotopic (exact) mass is 358 g/mol. The molecule has 1 amide bonds. The van der Waals surface area contributed by atoms with Gasteiger partial charge in [-0.05, 0) is 25.1 Å². The van der Waals surface area contributed by atoms with Gasteiger partial charge < -0.3 is 15.1 Å². The number of piperazine rings is 1. The van der Waals surface area contributed by atoms with Gasteiger partial charge in [-0.3, -0.25) is 4.79 Å². The minimum absolute atomic E-state index is 0.0637. The Bertz CT molecular complexity index is 702. The fourth-order valence-electron chi connectivity index (χ4n) is 2.85. The number of amides is 1. The number of anilines is 2. The lowest BCUT2D eigenvalue weighted by molar-refractivity contribution is -0.116. The summed E-state index contributed by atoms with van der Waals surface area (Å²) in [5.41, 5.74) is 2.92. The Hall–Kier alpha value is -1.92. The van der Waals surface area contributed by atoms with E-state index >= 15 is 0 Å². The third-order valence-electron chi connectivity index (χ3n) is 4.32. The van der Waals surface area contributed by atoms with Crippen LogP contribution in [0, 0.1) is 5.92 Å². The molecule has 1 N–H and O–H groups in total. The van der Waals surface area contributed by atoms with Gasteiger partial charge in [0.25, 0.3) is 0 Å². The molecular formula is C19H26N4OS. The van der Waals surface area contributed by atoms with Crippen LogP contribution in [0.2, 0.25) is 0 Å².